The van der Waals surface area contributed by atoms with E-state index in [1.807, 2.05) is 54.4 Å². The second-order valence-electron chi connectivity index (χ2n) is 11.4. The Morgan fingerprint density at radius 1 is 1.02 bits per heavy atom. The number of Topliss-reactive ketones (excluding diaryl/α,β-unsaturated/α-hetero) is 2. The first-order valence-corrected chi connectivity index (χ1v) is 14.3. The molecule has 9 nitrogen and oxygen atoms in total. The van der Waals surface area contributed by atoms with Crippen LogP contribution in [0.1, 0.15) is 44.2 Å². The summed E-state index contributed by atoms with van der Waals surface area (Å²) in [5, 5.41) is 5.80. The molecule has 2 aliphatic rings. The van der Waals surface area contributed by atoms with Crippen molar-refractivity contribution >= 4 is 23.4 Å². The van der Waals surface area contributed by atoms with Gasteiger partial charge < -0.3 is 20.1 Å². The first kappa shape index (κ1) is 30.4. The summed E-state index contributed by atoms with van der Waals surface area (Å²) < 4.78 is 10.7. The molecule has 0 aromatic heterocycles. The number of likely N-dealkylation sites (N-methyl/N-ethyl adjacent to an activating group) is 1. The van der Waals surface area contributed by atoms with E-state index in [0.717, 1.165) is 30.5 Å². The monoisotopic (exact) mass is 563 g/mol. The number of carbonyl (C=O) groups excluding carboxylic acids is 4. The number of ketones is 2. The molecule has 4 rings (SSSR count). The summed E-state index contributed by atoms with van der Waals surface area (Å²) in [7, 11) is 3.48. The van der Waals surface area contributed by atoms with Crippen LogP contribution < -0.4 is 15.4 Å². The lowest BCUT2D eigenvalue weighted by Crippen LogP contribution is -2.50. The second kappa shape index (κ2) is 13.4. The molecule has 0 saturated carbocycles. The van der Waals surface area contributed by atoms with Crippen LogP contribution in [0.5, 0.6) is 5.75 Å². The lowest BCUT2D eigenvalue weighted by atomic mass is 9.89. The van der Waals surface area contributed by atoms with E-state index in [0.29, 0.717) is 18.8 Å². The maximum Gasteiger partial charge on any atom is 0.237 e. The number of ether oxygens (including phenoxy) is 2. The number of amides is 2. The predicted octanol–water partition coefficient (Wildman–Crippen LogP) is 2.50. The summed E-state index contributed by atoms with van der Waals surface area (Å²) in [6, 6.07) is 15.0. The molecule has 2 aromatic carbocycles. The summed E-state index contributed by atoms with van der Waals surface area (Å²) in [4.78, 5) is 55.3. The fourth-order valence-electron chi connectivity index (χ4n) is 5.32. The van der Waals surface area contributed by atoms with Crippen LogP contribution in [0.15, 0.2) is 54.6 Å². The quantitative estimate of drug-likeness (QED) is 0.339. The smallest absolute Gasteiger partial charge is 0.237 e. The minimum absolute atomic E-state index is 0.0835. The standard InChI is InChI=1S/C32H41N3O6/c1-21(33-31(39)27-11-8-16-35(27)3)28(36)19-24(17-23-12-14-25(40-4)15-13-23)30(38)34-26(29(37)32(2)20-41-32)18-22-9-6-5-7-10-22/h5-7,9-10,12-15,21,24,26-27H,8,11,16-20H2,1-4H3,(H,33,39)(H,34,38)/t21-,24+,26-,27+,32+/m0/s1. The van der Waals surface area contributed by atoms with Crippen LogP contribution in [0.4, 0.5) is 0 Å². The average Bonchev–Trinajstić information content (AvgIpc) is 3.58. The van der Waals surface area contributed by atoms with Crippen LogP contribution in [0.3, 0.4) is 0 Å². The SMILES string of the molecule is COc1ccc(C[C@H](CC(=O)[C@H](C)NC(=O)[C@H]2CCCN2C)C(=O)N[C@@H](Cc2ccccc2)C(=O)[C@@]2(C)CO2)cc1. The van der Waals surface area contributed by atoms with Crippen molar-refractivity contribution in [2.75, 3.05) is 27.3 Å². The van der Waals surface area contributed by atoms with Crippen LogP contribution in [-0.4, -0.2) is 79.3 Å². The van der Waals surface area contributed by atoms with E-state index in [-0.39, 0.29) is 42.3 Å². The van der Waals surface area contributed by atoms with Gasteiger partial charge in [-0.05, 0) is 76.4 Å². The number of hydrogen-bond acceptors (Lipinski definition) is 7. The van der Waals surface area contributed by atoms with Crippen molar-refractivity contribution < 1.29 is 28.7 Å². The highest BCUT2D eigenvalue weighted by atomic mass is 16.6. The maximum absolute atomic E-state index is 13.8. The van der Waals surface area contributed by atoms with Gasteiger partial charge in [0.25, 0.3) is 0 Å². The van der Waals surface area contributed by atoms with E-state index in [2.05, 4.69) is 10.6 Å². The number of methoxy groups -OCH3 is 1. The Kier molecular flexibility index (Phi) is 9.94. The molecule has 0 spiro atoms. The van der Waals surface area contributed by atoms with Crippen molar-refractivity contribution in [3.8, 4) is 5.75 Å². The van der Waals surface area contributed by atoms with Gasteiger partial charge in [0.2, 0.25) is 11.8 Å². The normalized spacial score (nSPS) is 22.3. The number of likely N-dealkylation sites (tertiary alicyclic amines) is 1. The van der Waals surface area contributed by atoms with E-state index >= 15 is 0 Å². The van der Waals surface area contributed by atoms with Crippen molar-refractivity contribution in [1.82, 2.24) is 15.5 Å². The third kappa shape index (κ3) is 8.01. The van der Waals surface area contributed by atoms with Gasteiger partial charge in [0.1, 0.15) is 11.4 Å². The number of nitrogens with zero attached hydrogens (tertiary/aromatic N) is 1. The van der Waals surface area contributed by atoms with Crippen LogP contribution in [0.25, 0.3) is 0 Å². The first-order chi connectivity index (χ1) is 19.6. The van der Waals surface area contributed by atoms with Crippen LogP contribution in [-0.2, 0) is 36.8 Å². The van der Waals surface area contributed by atoms with Gasteiger partial charge in [0.05, 0.1) is 31.8 Å². The van der Waals surface area contributed by atoms with Gasteiger partial charge in [-0.25, -0.2) is 0 Å². The highest BCUT2D eigenvalue weighted by Gasteiger charge is 2.50. The Bertz CT molecular complexity index is 1230. The minimum Gasteiger partial charge on any atom is -0.497 e. The number of hydrogen-bond donors (Lipinski definition) is 2. The van der Waals surface area contributed by atoms with E-state index in [1.165, 1.54) is 0 Å². The highest BCUT2D eigenvalue weighted by Crippen LogP contribution is 2.29. The zero-order chi connectivity index (χ0) is 29.6. The Hall–Kier alpha value is -3.56. The lowest BCUT2D eigenvalue weighted by molar-refractivity contribution is -0.134. The summed E-state index contributed by atoms with van der Waals surface area (Å²) in [5.41, 5.74) is 0.845. The Morgan fingerprint density at radius 2 is 1.68 bits per heavy atom. The zero-order valence-corrected chi connectivity index (χ0v) is 24.4. The largest absolute Gasteiger partial charge is 0.497 e. The molecule has 2 saturated heterocycles. The molecular weight excluding hydrogens is 522 g/mol. The van der Waals surface area contributed by atoms with Gasteiger partial charge in [-0.15, -0.1) is 0 Å². The van der Waals surface area contributed by atoms with Gasteiger partial charge in [-0.2, -0.15) is 0 Å². The fraction of sp³-hybridized carbons (Fsp3) is 0.500. The Labute approximate surface area is 242 Å². The average molecular weight is 564 g/mol. The molecule has 2 fully saturated rings. The lowest BCUT2D eigenvalue weighted by Gasteiger charge is -2.25. The molecule has 2 aromatic rings. The summed E-state index contributed by atoms with van der Waals surface area (Å²) in [5.74, 6) is -1.05. The molecule has 5 atom stereocenters. The van der Waals surface area contributed by atoms with Gasteiger partial charge in [-0.1, -0.05) is 42.5 Å². The fourth-order valence-corrected chi connectivity index (χ4v) is 5.32. The number of carbonyl (C=O) groups is 4. The minimum atomic E-state index is -0.916. The Morgan fingerprint density at radius 3 is 2.27 bits per heavy atom. The zero-order valence-electron chi connectivity index (χ0n) is 24.4. The predicted molar refractivity (Wildman–Crippen MR) is 155 cm³/mol. The van der Waals surface area contributed by atoms with Gasteiger partial charge in [0, 0.05) is 12.3 Å². The molecule has 41 heavy (non-hydrogen) atoms. The van der Waals surface area contributed by atoms with E-state index in [1.54, 1.807) is 33.1 Å². The topological polar surface area (TPSA) is 117 Å². The molecule has 0 bridgehead atoms. The van der Waals surface area contributed by atoms with Crippen LogP contribution in [0, 0.1) is 5.92 Å². The second-order valence-corrected chi connectivity index (χ2v) is 11.4. The molecule has 9 heteroatoms. The summed E-state index contributed by atoms with van der Waals surface area (Å²) in [6.07, 6.45) is 2.21. The van der Waals surface area contributed by atoms with E-state index < -0.39 is 23.6 Å². The molecule has 2 heterocycles. The van der Waals surface area contributed by atoms with Crippen molar-refractivity contribution in [2.45, 2.75) is 69.7 Å². The van der Waals surface area contributed by atoms with Crippen LogP contribution in [0.2, 0.25) is 0 Å². The third-order valence-electron chi connectivity index (χ3n) is 8.14. The van der Waals surface area contributed by atoms with E-state index in [4.69, 9.17) is 9.47 Å². The summed E-state index contributed by atoms with van der Waals surface area (Å²) >= 11 is 0. The molecule has 2 aliphatic heterocycles. The van der Waals surface area contributed by atoms with Gasteiger partial charge in [-0.3, -0.25) is 24.1 Å². The number of benzene rings is 2. The van der Waals surface area contributed by atoms with Crippen molar-refractivity contribution in [3.63, 3.8) is 0 Å². The van der Waals surface area contributed by atoms with Gasteiger partial charge >= 0.3 is 0 Å². The molecule has 2 N–H and O–H groups in total. The van der Waals surface area contributed by atoms with Crippen molar-refractivity contribution in [2.24, 2.45) is 5.92 Å². The molecule has 0 unspecified atom stereocenters. The highest BCUT2D eigenvalue weighted by molar-refractivity contribution is 5.98. The number of nitrogens with one attached hydrogen (secondary N) is 2. The molecule has 2 amide bonds. The molecular formula is C32H41N3O6. The van der Waals surface area contributed by atoms with Crippen molar-refractivity contribution in [3.05, 3.63) is 65.7 Å². The number of epoxide rings is 1. The van der Waals surface area contributed by atoms with Crippen molar-refractivity contribution in [1.29, 1.82) is 0 Å². The van der Waals surface area contributed by atoms with E-state index in [9.17, 15) is 19.2 Å². The molecule has 0 aliphatic carbocycles. The Balaban J connectivity index is 1.50. The maximum atomic E-state index is 13.8. The summed E-state index contributed by atoms with van der Waals surface area (Å²) in [6.45, 7) is 4.54. The first-order valence-electron chi connectivity index (χ1n) is 14.3. The van der Waals surface area contributed by atoms with Crippen LogP contribution >= 0.6 is 0 Å². The number of rotatable bonds is 14. The molecule has 220 valence electrons. The third-order valence-corrected chi connectivity index (χ3v) is 8.14. The van der Waals surface area contributed by atoms with Gasteiger partial charge in [0.15, 0.2) is 11.6 Å². The molecule has 0 radical (unpaired) electrons.